The highest BCUT2D eigenvalue weighted by molar-refractivity contribution is 7.14. The smallest absolute Gasteiger partial charge is 0.323 e. The van der Waals surface area contributed by atoms with Crippen molar-refractivity contribution in [2.45, 2.75) is 33.6 Å². The molecule has 0 saturated heterocycles. The third-order valence-corrected chi connectivity index (χ3v) is 4.03. The average Bonchev–Trinajstić information content (AvgIpc) is 2.68. The molecule has 0 spiro atoms. The van der Waals surface area contributed by atoms with Crippen molar-refractivity contribution in [3.8, 4) is 0 Å². The highest BCUT2D eigenvalue weighted by atomic mass is 32.1. The Hall–Kier alpha value is -1.36. The van der Waals surface area contributed by atoms with Crippen LogP contribution < -0.4 is 0 Å². The molecule has 1 heterocycles. The van der Waals surface area contributed by atoms with Gasteiger partial charge in [-0.15, -0.1) is 11.3 Å². The maximum atomic E-state index is 12.2. The summed E-state index contributed by atoms with van der Waals surface area (Å²) in [4.78, 5) is 26.2. The Morgan fingerprint density at radius 1 is 1.39 bits per heavy atom. The molecule has 0 aliphatic carbocycles. The Bertz CT molecular complexity index is 439. The molecule has 0 unspecified atom stereocenters. The molecule has 18 heavy (non-hydrogen) atoms. The molecule has 1 aromatic heterocycles. The Kier molecular flexibility index (Phi) is 5.34. The van der Waals surface area contributed by atoms with Crippen molar-refractivity contribution in [3.05, 3.63) is 21.4 Å². The van der Waals surface area contributed by atoms with Crippen LogP contribution in [-0.2, 0) is 11.2 Å². The zero-order valence-corrected chi connectivity index (χ0v) is 11.8. The molecule has 1 aromatic rings. The van der Waals surface area contributed by atoms with Gasteiger partial charge in [-0.05, 0) is 31.4 Å². The second-order valence-electron chi connectivity index (χ2n) is 4.19. The van der Waals surface area contributed by atoms with Gasteiger partial charge in [0.15, 0.2) is 0 Å². The van der Waals surface area contributed by atoms with Crippen LogP contribution >= 0.6 is 11.3 Å². The summed E-state index contributed by atoms with van der Waals surface area (Å²) in [7, 11) is 0. The van der Waals surface area contributed by atoms with Gasteiger partial charge >= 0.3 is 5.97 Å². The van der Waals surface area contributed by atoms with Crippen LogP contribution in [0, 0.1) is 6.92 Å². The van der Waals surface area contributed by atoms with E-state index in [1.807, 2.05) is 26.8 Å². The van der Waals surface area contributed by atoms with Crippen LogP contribution in [0.25, 0.3) is 0 Å². The van der Waals surface area contributed by atoms with Crippen LogP contribution in [0.5, 0.6) is 0 Å². The third-order valence-electron chi connectivity index (χ3n) is 2.66. The first kappa shape index (κ1) is 14.7. The van der Waals surface area contributed by atoms with Crippen molar-refractivity contribution in [2.75, 3.05) is 13.1 Å². The molecule has 0 aliphatic rings. The lowest BCUT2D eigenvalue weighted by Crippen LogP contribution is -2.35. The molecule has 0 atom stereocenters. The van der Waals surface area contributed by atoms with Gasteiger partial charge in [0, 0.05) is 11.4 Å². The second kappa shape index (κ2) is 6.54. The molecular formula is C13H19NO3S. The summed E-state index contributed by atoms with van der Waals surface area (Å²) in [5.74, 6) is -1.15. The number of nitrogens with zero attached hydrogens (tertiary/aromatic N) is 1. The summed E-state index contributed by atoms with van der Waals surface area (Å²) < 4.78 is 0. The van der Waals surface area contributed by atoms with E-state index in [0.717, 1.165) is 18.4 Å². The molecule has 1 amide bonds. The van der Waals surface area contributed by atoms with Crippen molar-refractivity contribution < 1.29 is 14.7 Å². The van der Waals surface area contributed by atoms with E-state index in [1.54, 1.807) is 0 Å². The van der Waals surface area contributed by atoms with Gasteiger partial charge in [-0.3, -0.25) is 9.59 Å². The van der Waals surface area contributed by atoms with Gasteiger partial charge in [-0.1, -0.05) is 13.8 Å². The number of carbonyl (C=O) groups is 2. The Labute approximate surface area is 111 Å². The van der Waals surface area contributed by atoms with Crippen LogP contribution in [-0.4, -0.2) is 35.0 Å². The fourth-order valence-corrected chi connectivity index (χ4v) is 2.90. The minimum atomic E-state index is -0.971. The summed E-state index contributed by atoms with van der Waals surface area (Å²) in [5, 5.41) is 8.82. The van der Waals surface area contributed by atoms with Gasteiger partial charge in [0.25, 0.3) is 5.91 Å². The Balaban J connectivity index is 2.90. The number of aryl methyl sites for hydroxylation is 2. The maximum absolute atomic E-state index is 12.2. The number of hydrogen-bond acceptors (Lipinski definition) is 3. The predicted octanol–water partition coefficient (Wildman–Crippen LogP) is 2.56. The summed E-state index contributed by atoms with van der Waals surface area (Å²) >= 11 is 1.46. The van der Waals surface area contributed by atoms with E-state index in [-0.39, 0.29) is 12.5 Å². The molecule has 100 valence electrons. The molecule has 1 N–H and O–H groups in total. The Morgan fingerprint density at radius 2 is 2.06 bits per heavy atom. The molecule has 0 aliphatic heterocycles. The van der Waals surface area contributed by atoms with Gasteiger partial charge in [0.1, 0.15) is 6.54 Å². The first-order chi connectivity index (χ1) is 8.49. The minimum absolute atomic E-state index is 0.174. The molecule has 0 bridgehead atoms. The highest BCUT2D eigenvalue weighted by Gasteiger charge is 2.20. The summed E-state index contributed by atoms with van der Waals surface area (Å²) in [6.45, 7) is 6.20. The lowest BCUT2D eigenvalue weighted by atomic mass is 10.2. The first-order valence-electron chi connectivity index (χ1n) is 6.09. The number of aliphatic carboxylic acids is 1. The van der Waals surface area contributed by atoms with E-state index >= 15 is 0 Å². The van der Waals surface area contributed by atoms with Crippen molar-refractivity contribution >= 4 is 23.2 Å². The molecule has 5 heteroatoms. The van der Waals surface area contributed by atoms with Crippen LogP contribution in [0.15, 0.2) is 6.07 Å². The number of rotatable bonds is 6. The van der Waals surface area contributed by atoms with Crippen LogP contribution in [0.3, 0.4) is 0 Å². The zero-order valence-electron chi connectivity index (χ0n) is 11.0. The number of hydrogen-bond donors (Lipinski definition) is 1. The van der Waals surface area contributed by atoms with E-state index in [2.05, 4.69) is 0 Å². The monoisotopic (exact) mass is 269 g/mol. The number of amides is 1. The van der Waals surface area contributed by atoms with Crippen LogP contribution in [0.1, 0.15) is 40.4 Å². The lowest BCUT2D eigenvalue weighted by molar-refractivity contribution is -0.137. The van der Waals surface area contributed by atoms with E-state index in [1.165, 1.54) is 21.1 Å². The number of thiophene rings is 1. The van der Waals surface area contributed by atoms with E-state index in [9.17, 15) is 9.59 Å². The average molecular weight is 269 g/mol. The van der Waals surface area contributed by atoms with E-state index < -0.39 is 5.97 Å². The normalized spacial score (nSPS) is 10.4. The molecule has 0 radical (unpaired) electrons. The van der Waals surface area contributed by atoms with E-state index in [4.69, 9.17) is 5.11 Å². The van der Waals surface area contributed by atoms with Crippen LogP contribution in [0.4, 0.5) is 0 Å². The SMILES string of the molecule is CCCN(CC(=O)O)C(=O)c1cc(C)c(CC)s1. The van der Waals surface area contributed by atoms with Crippen molar-refractivity contribution in [1.82, 2.24) is 4.90 Å². The summed E-state index contributed by atoms with van der Waals surface area (Å²) in [6.07, 6.45) is 1.65. The fourth-order valence-electron chi connectivity index (χ4n) is 1.82. The quantitative estimate of drug-likeness (QED) is 0.863. The van der Waals surface area contributed by atoms with Crippen molar-refractivity contribution in [2.24, 2.45) is 0 Å². The Morgan fingerprint density at radius 3 is 2.50 bits per heavy atom. The maximum Gasteiger partial charge on any atom is 0.323 e. The predicted molar refractivity (Wildman–Crippen MR) is 72.3 cm³/mol. The fraction of sp³-hybridized carbons (Fsp3) is 0.538. The largest absolute Gasteiger partial charge is 0.480 e. The van der Waals surface area contributed by atoms with Gasteiger partial charge in [-0.2, -0.15) is 0 Å². The van der Waals surface area contributed by atoms with Crippen LogP contribution in [0.2, 0.25) is 0 Å². The molecule has 4 nitrogen and oxygen atoms in total. The third kappa shape index (κ3) is 3.57. The second-order valence-corrected chi connectivity index (χ2v) is 5.33. The lowest BCUT2D eigenvalue weighted by Gasteiger charge is -2.18. The molecular weight excluding hydrogens is 250 g/mol. The van der Waals surface area contributed by atoms with Gasteiger partial charge in [-0.25, -0.2) is 0 Å². The van der Waals surface area contributed by atoms with E-state index in [0.29, 0.717) is 11.4 Å². The van der Waals surface area contributed by atoms with Gasteiger partial charge < -0.3 is 10.0 Å². The standard InChI is InChI=1S/C13H19NO3S/c1-4-6-14(8-12(15)16)13(17)11-7-9(3)10(5-2)18-11/h7H,4-6,8H2,1-3H3,(H,15,16). The first-order valence-corrected chi connectivity index (χ1v) is 6.91. The van der Waals surface area contributed by atoms with Crippen molar-refractivity contribution in [1.29, 1.82) is 0 Å². The molecule has 1 rings (SSSR count). The topological polar surface area (TPSA) is 57.6 Å². The molecule has 0 saturated carbocycles. The van der Waals surface area contributed by atoms with Gasteiger partial charge in [0.2, 0.25) is 0 Å². The number of carbonyl (C=O) groups excluding carboxylic acids is 1. The highest BCUT2D eigenvalue weighted by Crippen LogP contribution is 2.23. The number of carboxylic acids is 1. The molecule has 0 aromatic carbocycles. The zero-order chi connectivity index (χ0) is 13.7. The summed E-state index contributed by atoms with van der Waals surface area (Å²) in [6, 6.07) is 1.86. The van der Waals surface area contributed by atoms with Crippen molar-refractivity contribution in [3.63, 3.8) is 0 Å². The number of carboxylic acid groups (broad SMARTS) is 1. The summed E-state index contributed by atoms with van der Waals surface area (Å²) in [5.41, 5.74) is 1.11. The minimum Gasteiger partial charge on any atom is -0.480 e. The molecule has 0 fully saturated rings. The van der Waals surface area contributed by atoms with Gasteiger partial charge in [0.05, 0.1) is 4.88 Å².